The van der Waals surface area contributed by atoms with Crippen LogP contribution >= 0.6 is 0 Å². The number of hydrogen-bond donors (Lipinski definition) is 1. The summed E-state index contributed by atoms with van der Waals surface area (Å²) < 4.78 is 10.6. The van der Waals surface area contributed by atoms with Crippen LogP contribution in [0.25, 0.3) is 0 Å². The van der Waals surface area contributed by atoms with Crippen LogP contribution in [0.15, 0.2) is 48.5 Å². The van der Waals surface area contributed by atoms with E-state index in [0.29, 0.717) is 17.2 Å². The van der Waals surface area contributed by atoms with Gasteiger partial charge in [0, 0.05) is 5.69 Å². The van der Waals surface area contributed by atoms with Gasteiger partial charge in [-0.15, -0.1) is 0 Å². The average molecular weight is 355 g/mol. The van der Waals surface area contributed by atoms with Crippen LogP contribution < -0.4 is 10.1 Å². The van der Waals surface area contributed by atoms with E-state index in [4.69, 9.17) is 4.74 Å². The fourth-order valence-corrected chi connectivity index (χ4v) is 2.51. The molecule has 0 heterocycles. The van der Waals surface area contributed by atoms with Crippen molar-refractivity contribution in [3.8, 4) is 5.75 Å². The van der Waals surface area contributed by atoms with Gasteiger partial charge in [0.2, 0.25) is 0 Å². The second-order valence-electron chi connectivity index (χ2n) is 6.17. The Bertz CT molecular complexity index is 755. The lowest BCUT2D eigenvalue weighted by molar-refractivity contribution is -0.122. The Kier molecular flexibility index (Phi) is 6.78. The molecule has 2 atom stereocenters. The molecular formula is C21H25NO4. The molecule has 2 aromatic rings. The SMILES string of the molecule is CCC(C)c1ccccc1OC(C)C(=O)Nc1ccc(C(=O)OC)cc1. The van der Waals surface area contributed by atoms with Crippen LogP contribution in [0, 0.1) is 0 Å². The first-order valence-corrected chi connectivity index (χ1v) is 8.71. The van der Waals surface area contributed by atoms with E-state index in [1.165, 1.54) is 7.11 Å². The highest BCUT2D eigenvalue weighted by atomic mass is 16.5. The van der Waals surface area contributed by atoms with Crippen molar-refractivity contribution in [3.63, 3.8) is 0 Å². The van der Waals surface area contributed by atoms with E-state index in [9.17, 15) is 9.59 Å². The molecule has 0 saturated heterocycles. The maximum Gasteiger partial charge on any atom is 0.337 e. The number of para-hydroxylation sites is 1. The summed E-state index contributed by atoms with van der Waals surface area (Å²) in [6.07, 6.45) is 0.341. The Morgan fingerprint density at radius 2 is 1.69 bits per heavy atom. The van der Waals surface area contributed by atoms with Gasteiger partial charge in [0.1, 0.15) is 5.75 Å². The molecule has 0 saturated carbocycles. The molecule has 0 aliphatic rings. The summed E-state index contributed by atoms with van der Waals surface area (Å²) >= 11 is 0. The van der Waals surface area contributed by atoms with Crippen LogP contribution in [-0.4, -0.2) is 25.1 Å². The van der Waals surface area contributed by atoms with Crippen molar-refractivity contribution < 1.29 is 19.1 Å². The fraction of sp³-hybridized carbons (Fsp3) is 0.333. The lowest BCUT2D eigenvalue weighted by Crippen LogP contribution is -2.30. The predicted molar refractivity (Wildman–Crippen MR) is 102 cm³/mol. The number of rotatable bonds is 7. The molecule has 0 fully saturated rings. The van der Waals surface area contributed by atoms with E-state index in [0.717, 1.165) is 17.7 Å². The molecule has 26 heavy (non-hydrogen) atoms. The summed E-state index contributed by atoms with van der Waals surface area (Å²) in [6, 6.07) is 14.3. The Hall–Kier alpha value is -2.82. The first-order chi connectivity index (χ1) is 12.5. The molecule has 2 rings (SSSR count). The third-order valence-corrected chi connectivity index (χ3v) is 4.31. The van der Waals surface area contributed by atoms with Gasteiger partial charge in [0.25, 0.3) is 5.91 Å². The van der Waals surface area contributed by atoms with E-state index >= 15 is 0 Å². The molecule has 1 N–H and O–H groups in total. The van der Waals surface area contributed by atoms with Crippen molar-refractivity contribution in [2.75, 3.05) is 12.4 Å². The van der Waals surface area contributed by atoms with Gasteiger partial charge in [-0.2, -0.15) is 0 Å². The highest BCUT2D eigenvalue weighted by Crippen LogP contribution is 2.29. The minimum atomic E-state index is -0.652. The minimum Gasteiger partial charge on any atom is -0.481 e. The second-order valence-corrected chi connectivity index (χ2v) is 6.17. The minimum absolute atomic E-state index is 0.255. The van der Waals surface area contributed by atoms with Gasteiger partial charge in [-0.1, -0.05) is 32.0 Å². The average Bonchev–Trinajstić information content (AvgIpc) is 2.67. The van der Waals surface area contributed by atoms with Gasteiger partial charge >= 0.3 is 5.97 Å². The van der Waals surface area contributed by atoms with Crippen LogP contribution in [0.4, 0.5) is 5.69 Å². The van der Waals surface area contributed by atoms with Crippen LogP contribution in [0.2, 0.25) is 0 Å². The molecule has 0 aromatic heterocycles. The molecule has 2 unspecified atom stereocenters. The monoisotopic (exact) mass is 355 g/mol. The lowest BCUT2D eigenvalue weighted by atomic mass is 9.98. The number of nitrogens with one attached hydrogen (secondary N) is 1. The number of carbonyl (C=O) groups excluding carboxylic acids is 2. The van der Waals surface area contributed by atoms with Crippen molar-refractivity contribution in [2.24, 2.45) is 0 Å². The molecule has 1 amide bonds. The quantitative estimate of drug-likeness (QED) is 0.748. The first kappa shape index (κ1) is 19.5. The lowest BCUT2D eigenvalue weighted by Gasteiger charge is -2.19. The van der Waals surface area contributed by atoms with Gasteiger partial charge in [-0.05, 0) is 55.2 Å². The van der Waals surface area contributed by atoms with Crippen molar-refractivity contribution in [1.82, 2.24) is 0 Å². The van der Waals surface area contributed by atoms with E-state index in [1.807, 2.05) is 24.3 Å². The zero-order valence-electron chi connectivity index (χ0n) is 15.6. The van der Waals surface area contributed by atoms with Gasteiger partial charge in [-0.3, -0.25) is 4.79 Å². The zero-order valence-corrected chi connectivity index (χ0v) is 15.6. The Labute approximate surface area is 154 Å². The van der Waals surface area contributed by atoms with E-state index in [2.05, 4.69) is 23.9 Å². The van der Waals surface area contributed by atoms with Crippen LogP contribution in [-0.2, 0) is 9.53 Å². The number of methoxy groups -OCH3 is 1. The summed E-state index contributed by atoms with van der Waals surface area (Å²) in [5.74, 6) is 0.411. The summed E-state index contributed by atoms with van der Waals surface area (Å²) in [7, 11) is 1.33. The summed E-state index contributed by atoms with van der Waals surface area (Å²) in [6.45, 7) is 5.97. The zero-order chi connectivity index (χ0) is 19.1. The third kappa shape index (κ3) is 4.85. The number of esters is 1. The summed E-state index contributed by atoms with van der Waals surface area (Å²) in [4.78, 5) is 23.9. The molecule has 5 nitrogen and oxygen atoms in total. The smallest absolute Gasteiger partial charge is 0.337 e. The van der Waals surface area contributed by atoms with Gasteiger partial charge < -0.3 is 14.8 Å². The molecule has 0 radical (unpaired) electrons. The molecule has 5 heteroatoms. The molecule has 2 aromatic carbocycles. The number of carbonyl (C=O) groups is 2. The van der Waals surface area contributed by atoms with E-state index < -0.39 is 12.1 Å². The second kappa shape index (κ2) is 9.04. The molecule has 0 spiro atoms. The van der Waals surface area contributed by atoms with Crippen LogP contribution in [0.1, 0.15) is 49.0 Å². The molecule has 0 aliphatic carbocycles. The van der Waals surface area contributed by atoms with Crippen LogP contribution in [0.5, 0.6) is 5.75 Å². The maximum absolute atomic E-state index is 12.4. The highest BCUT2D eigenvalue weighted by molar-refractivity contribution is 5.95. The maximum atomic E-state index is 12.4. The van der Waals surface area contributed by atoms with E-state index in [1.54, 1.807) is 31.2 Å². The largest absolute Gasteiger partial charge is 0.481 e. The van der Waals surface area contributed by atoms with Crippen molar-refractivity contribution in [3.05, 3.63) is 59.7 Å². The number of benzene rings is 2. The topological polar surface area (TPSA) is 64.6 Å². The fourth-order valence-electron chi connectivity index (χ4n) is 2.51. The van der Waals surface area contributed by atoms with Gasteiger partial charge in [0.05, 0.1) is 12.7 Å². The third-order valence-electron chi connectivity index (χ3n) is 4.31. The molecule has 138 valence electrons. The van der Waals surface area contributed by atoms with Gasteiger partial charge in [-0.25, -0.2) is 4.79 Å². The molecule has 0 bridgehead atoms. The highest BCUT2D eigenvalue weighted by Gasteiger charge is 2.18. The van der Waals surface area contributed by atoms with Crippen molar-refractivity contribution in [1.29, 1.82) is 0 Å². The number of ether oxygens (including phenoxy) is 2. The normalized spacial score (nSPS) is 12.8. The van der Waals surface area contributed by atoms with Crippen molar-refractivity contribution in [2.45, 2.75) is 39.2 Å². The van der Waals surface area contributed by atoms with Crippen molar-refractivity contribution >= 4 is 17.6 Å². The summed E-state index contributed by atoms with van der Waals surface area (Å²) in [5.41, 5.74) is 2.11. The first-order valence-electron chi connectivity index (χ1n) is 8.71. The predicted octanol–water partition coefficient (Wildman–Crippen LogP) is 4.39. The summed E-state index contributed by atoms with van der Waals surface area (Å²) in [5, 5.41) is 2.79. The Morgan fingerprint density at radius 3 is 2.31 bits per heavy atom. The molecular weight excluding hydrogens is 330 g/mol. The molecule has 0 aliphatic heterocycles. The number of hydrogen-bond acceptors (Lipinski definition) is 4. The van der Waals surface area contributed by atoms with Crippen LogP contribution in [0.3, 0.4) is 0 Å². The Balaban J connectivity index is 2.03. The van der Waals surface area contributed by atoms with Gasteiger partial charge in [0.15, 0.2) is 6.10 Å². The standard InChI is InChI=1S/C21H25NO4/c1-5-14(2)18-8-6-7-9-19(18)26-15(3)20(23)22-17-12-10-16(11-13-17)21(24)25-4/h6-15H,5H2,1-4H3,(H,22,23). The Morgan fingerprint density at radius 1 is 1.04 bits per heavy atom. The number of anilines is 1. The van der Waals surface area contributed by atoms with E-state index in [-0.39, 0.29) is 5.91 Å². The number of amides is 1.